The molecular weight excluding hydrogens is 152 g/mol. The van der Waals surface area contributed by atoms with E-state index in [1.165, 1.54) is 0 Å². The van der Waals surface area contributed by atoms with Crippen molar-refractivity contribution >= 4 is 11.7 Å². The fourth-order valence-corrected chi connectivity index (χ4v) is 1.04. The molecule has 1 aliphatic rings. The summed E-state index contributed by atoms with van der Waals surface area (Å²) in [7, 11) is 0. The normalized spacial score (nSPS) is 17.6. The minimum absolute atomic E-state index is 0.0268. The van der Waals surface area contributed by atoms with Crippen molar-refractivity contribution in [2.75, 3.05) is 6.54 Å². The second-order valence-corrected chi connectivity index (χ2v) is 4.37. The second kappa shape index (κ2) is 3.25. The molecule has 68 valence electrons. The van der Waals surface area contributed by atoms with Crippen LogP contribution in [0.4, 0.5) is 0 Å². The molecule has 0 atom stereocenters. The van der Waals surface area contributed by atoms with Crippen LogP contribution >= 0.6 is 0 Å². The third-order valence-corrected chi connectivity index (χ3v) is 1.81. The summed E-state index contributed by atoms with van der Waals surface area (Å²) in [6, 6.07) is 0. The zero-order valence-electron chi connectivity index (χ0n) is 7.98. The first-order chi connectivity index (χ1) is 5.47. The van der Waals surface area contributed by atoms with Gasteiger partial charge in [-0.2, -0.15) is 0 Å². The Morgan fingerprint density at radius 3 is 2.58 bits per heavy atom. The molecule has 1 N–H and O–H groups in total. The van der Waals surface area contributed by atoms with E-state index in [1.54, 1.807) is 0 Å². The molecule has 0 aliphatic carbocycles. The van der Waals surface area contributed by atoms with Gasteiger partial charge in [0.25, 0.3) is 0 Å². The molecule has 1 aliphatic heterocycles. The molecule has 3 heteroatoms. The van der Waals surface area contributed by atoms with Crippen LogP contribution in [-0.2, 0) is 4.79 Å². The minimum atomic E-state index is 0.0268. The number of amides is 1. The Morgan fingerprint density at radius 1 is 1.50 bits per heavy atom. The zero-order valence-corrected chi connectivity index (χ0v) is 7.98. The average Bonchev–Trinajstić information content (AvgIpc) is 2.30. The fourth-order valence-electron chi connectivity index (χ4n) is 1.04. The maximum atomic E-state index is 10.8. The monoisotopic (exact) mass is 168 g/mol. The molecule has 0 aromatic rings. The molecule has 1 rings (SSSR count). The van der Waals surface area contributed by atoms with E-state index >= 15 is 0 Å². The predicted molar refractivity (Wildman–Crippen MR) is 49.1 cm³/mol. The van der Waals surface area contributed by atoms with Crippen molar-refractivity contribution in [1.82, 2.24) is 5.32 Å². The van der Waals surface area contributed by atoms with Gasteiger partial charge in [-0.1, -0.05) is 20.8 Å². The summed E-state index contributed by atoms with van der Waals surface area (Å²) in [6.45, 7) is 6.87. The molecule has 0 saturated carbocycles. The van der Waals surface area contributed by atoms with E-state index in [0.717, 1.165) is 18.7 Å². The molecule has 1 amide bonds. The van der Waals surface area contributed by atoms with Gasteiger partial charge >= 0.3 is 0 Å². The van der Waals surface area contributed by atoms with Crippen molar-refractivity contribution in [3.63, 3.8) is 0 Å². The quantitative estimate of drug-likeness (QED) is 0.664. The Morgan fingerprint density at radius 2 is 2.17 bits per heavy atom. The van der Waals surface area contributed by atoms with Crippen molar-refractivity contribution in [2.45, 2.75) is 33.6 Å². The number of nitrogens with one attached hydrogen (secondary N) is 1. The number of rotatable bonds is 2. The Bertz CT molecular complexity index is 213. The third-order valence-electron chi connectivity index (χ3n) is 1.81. The molecule has 0 fully saturated rings. The van der Waals surface area contributed by atoms with Gasteiger partial charge in [-0.15, -0.1) is 0 Å². The van der Waals surface area contributed by atoms with Gasteiger partial charge in [-0.3, -0.25) is 9.79 Å². The highest BCUT2D eigenvalue weighted by molar-refractivity contribution is 6.03. The van der Waals surface area contributed by atoms with E-state index in [1.807, 2.05) is 0 Å². The van der Waals surface area contributed by atoms with Crippen LogP contribution in [0.15, 0.2) is 4.99 Å². The number of hydrogen-bond donors (Lipinski definition) is 1. The standard InChI is InChI=1S/C9H16N2O/c1-9(2,3)5-4-7-10-6-8(12)11-7/h4-6H2,1-3H3,(H,10,11,12). The van der Waals surface area contributed by atoms with Crippen LogP contribution in [0.25, 0.3) is 0 Å². The molecule has 0 spiro atoms. The lowest BCUT2D eigenvalue weighted by atomic mass is 9.90. The molecular formula is C9H16N2O. The Balaban J connectivity index is 2.30. The van der Waals surface area contributed by atoms with Gasteiger partial charge in [0.1, 0.15) is 12.4 Å². The van der Waals surface area contributed by atoms with E-state index in [0.29, 0.717) is 12.0 Å². The summed E-state index contributed by atoms with van der Waals surface area (Å²) < 4.78 is 0. The van der Waals surface area contributed by atoms with E-state index < -0.39 is 0 Å². The van der Waals surface area contributed by atoms with Gasteiger partial charge < -0.3 is 5.32 Å². The Labute approximate surface area is 73.3 Å². The smallest absolute Gasteiger partial charge is 0.246 e. The zero-order chi connectivity index (χ0) is 9.19. The molecule has 0 saturated heterocycles. The number of carbonyl (C=O) groups is 1. The molecule has 0 radical (unpaired) electrons. The van der Waals surface area contributed by atoms with Gasteiger partial charge in [0.15, 0.2) is 0 Å². The lowest BCUT2D eigenvalue weighted by Crippen LogP contribution is -2.25. The van der Waals surface area contributed by atoms with Crippen molar-refractivity contribution in [3.8, 4) is 0 Å². The van der Waals surface area contributed by atoms with Gasteiger partial charge in [0.05, 0.1) is 0 Å². The topological polar surface area (TPSA) is 41.5 Å². The van der Waals surface area contributed by atoms with Crippen LogP contribution in [0.5, 0.6) is 0 Å². The Kier molecular flexibility index (Phi) is 2.50. The summed E-state index contributed by atoms with van der Waals surface area (Å²) >= 11 is 0. The maximum Gasteiger partial charge on any atom is 0.246 e. The average molecular weight is 168 g/mol. The van der Waals surface area contributed by atoms with Gasteiger partial charge in [0.2, 0.25) is 5.91 Å². The van der Waals surface area contributed by atoms with E-state index in [4.69, 9.17) is 0 Å². The maximum absolute atomic E-state index is 10.8. The van der Waals surface area contributed by atoms with E-state index in [-0.39, 0.29) is 5.91 Å². The summed E-state index contributed by atoms with van der Waals surface area (Å²) in [5.74, 6) is 0.883. The lowest BCUT2D eigenvalue weighted by Gasteiger charge is -2.17. The summed E-state index contributed by atoms with van der Waals surface area (Å²) in [5.41, 5.74) is 0.315. The van der Waals surface area contributed by atoms with Crippen LogP contribution in [0, 0.1) is 5.41 Å². The van der Waals surface area contributed by atoms with E-state index in [2.05, 4.69) is 31.1 Å². The van der Waals surface area contributed by atoms with Gasteiger partial charge in [-0.05, 0) is 11.8 Å². The third kappa shape index (κ3) is 3.03. The van der Waals surface area contributed by atoms with Gasteiger partial charge in [-0.25, -0.2) is 0 Å². The molecule has 0 aromatic carbocycles. The molecule has 1 heterocycles. The van der Waals surface area contributed by atoms with Crippen molar-refractivity contribution in [2.24, 2.45) is 10.4 Å². The number of amidine groups is 1. The number of aliphatic imine (C=N–C) groups is 1. The first-order valence-electron chi connectivity index (χ1n) is 4.30. The van der Waals surface area contributed by atoms with Gasteiger partial charge in [0, 0.05) is 6.42 Å². The molecule has 12 heavy (non-hydrogen) atoms. The Hall–Kier alpha value is -0.860. The largest absolute Gasteiger partial charge is 0.313 e. The second-order valence-electron chi connectivity index (χ2n) is 4.37. The van der Waals surface area contributed by atoms with Crippen LogP contribution in [0.3, 0.4) is 0 Å². The number of carbonyl (C=O) groups excluding carboxylic acids is 1. The first kappa shape index (κ1) is 9.23. The lowest BCUT2D eigenvalue weighted by molar-refractivity contribution is -0.117. The molecule has 0 bridgehead atoms. The highest BCUT2D eigenvalue weighted by Crippen LogP contribution is 2.20. The highest BCUT2D eigenvalue weighted by Gasteiger charge is 2.16. The molecule has 0 aromatic heterocycles. The van der Waals surface area contributed by atoms with Crippen LogP contribution in [0.1, 0.15) is 33.6 Å². The van der Waals surface area contributed by atoms with Crippen LogP contribution in [-0.4, -0.2) is 18.3 Å². The van der Waals surface area contributed by atoms with E-state index in [9.17, 15) is 4.79 Å². The van der Waals surface area contributed by atoms with Crippen molar-refractivity contribution < 1.29 is 4.79 Å². The summed E-state index contributed by atoms with van der Waals surface area (Å²) in [6.07, 6.45) is 1.95. The first-order valence-corrected chi connectivity index (χ1v) is 4.30. The van der Waals surface area contributed by atoms with Crippen molar-refractivity contribution in [1.29, 1.82) is 0 Å². The number of hydrogen-bond acceptors (Lipinski definition) is 2. The fraction of sp³-hybridized carbons (Fsp3) is 0.778. The SMILES string of the molecule is CC(C)(C)CCC1=NCC(=O)N1. The van der Waals surface area contributed by atoms with Crippen LogP contribution in [0.2, 0.25) is 0 Å². The molecule has 3 nitrogen and oxygen atoms in total. The summed E-state index contributed by atoms with van der Waals surface area (Å²) in [5, 5.41) is 2.74. The predicted octanol–water partition coefficient (Wildman–Crippen LogP) is 1.34. The van der Waals surface area contributed by atoms with Crippen molar-refractivity contribution in [3.05, 3.63) is 0 Å². The minimum Gasteiger partial charge on any atom is -0.313 e. The highest BCUT2D eigenvalue weighted by atomic mass is 16.2. The van der Waals surface area contributed by atoms with Crippen LogP contribution < -0.4 is 5.32 Å². The number of nitrogens with zero attached hydrogens (tertiary/aromatic N) is 1. The molecule has 0 unspecified atom stereocenters. The summed E-state index contributed by atoms with van der Waals surface area (Å²) in [4.78, 5) is 14.8.